The molecule has 2 heteroatoms. The Morgan fingerprint density at radius 2 is 1.88 bits per heavy atom. The largest absolute Gasteiger partial charge is 0.497 e. The Kier molecular flexibility index (Phi) is 4.44. The number of allylic oxidation sites excluding steroid dienone is 1. The summed E-state index contributed by atoms with van der Waals surface area (Å²) < 4.78 is 11.3. The topological polar surface area (TPSA) is 18.5 Å². The summed E-state index contributed by atoms with van der Waals surface area (Å²) in [5, 5.41) is 0. The summed E-state index contributed by atoms with van der Waals surface area (Å²) in [6, 6.07) is 6.27. The van der Waals surface area contributed by atoms with Crippen molar-refractivity contribution >= 4 is 0 Å². The van der Waals surface area contributed by atoms with E-state index in [1.54, 1.807) is 14.2 Å². The fourth-order valence-corrected chi connectivity index (χ4v) is 5.53. The van der Waals surface area contributed by atoms with Crippen LogP contribution in [0.15, 0.2) is 30.4 Å². The number of hydrogen-bond acceptors (Lipinski definition) is 2. The van der Waals surface area contributed by atoms with Crippen molar-refractivity contribution in [3.63, 3.8) is 0 Å². The Morgan fingerprint density at radius 1 is 1.12 bits per heavy atom. The lowest BCUT2D eigenvalue weighted by Gasteiger charge is -2.59. The standard InChI is InChI=1S/C22H32O2/c1-15-8-7-9-20-21(15,3)13-12-16(2)22(20,4)18-14-17(23-5)10-11-19(18)24-6/h10-11,14,16,20H,1,7-9,12-13H2,2-6H3/t16-,20+,21-,22-/m1/s1. The molecule has 0 saturated heterocycles. The van der Waals surface area contributed by atoms with Crippen LogP contribution in [0.25, 0.3) is 0 Å². The van der Waals surface area contributed by atoms with Crippen LogP contribution in [-0.2, 0) is 5.41 Å². The number of methoxy groups -OCH3 is 2. The molecular formula is C22H32O2. The Bertz CT molecular complexity index is 635. The van der Waals surface area contributed by atoms with Gasteiger partial charge in [-0.3, -0.25) is 0 Å². The minimum atomic E-state index is 0.0796. The van der Waals surface area contributed by atoms with Gasteiger partial charge in [0, 0.05) is 11.0 Å². The molecule has 1 aromatic rings. The van der Waals surface area contributed by atoms with Crippen molar-refractivity contribution in [2.45, 2.75) is 58.3 Å². The first-order chi connectivity index (χ1) is 11.4. The molecule has 0 aliphatic heterocycles. The van der Waals surface area contributed by atoms with E-state index in [9.17, 15) is 0 Å². The predicted molar refractivity (Wildman–Crippen MR) is 99.9 cm³/mol. The van der Waals surface area contributed by atoms with Crippen LogP contribution in [0, 0.1) is 17.3 Å². The van der Waals surface area contributed by atoms with E-state index in [-0.39, 0.29) is 10.8 Å². The molecule has 2 aliphatic rings. The molecule has 132 valence electrons. The minimum Gasteiger partial charge on any atom is -0.497 e. The fourth-order valence-electron chi connectivity index (χ4n) is 5.53. The third kappa shape index (κ3) is 2.37. The van der Waals surface area contributed by atoms with E-state index in [1.165, 1.54) is 43.2 Å². The summed E-state index contributed by atoms with van der Waals surface area (Å²) in [6.45, 7) is 11.8. The van der Waals surface area contributed by atoms with Crippen LogP contribution in [-0.4, -0.2) is 14.2 Å². The van der Waals surface area contributed by atoms with E-state index in [2.05, 4.69) is 39.5 Å². The van der Waals surface area contributed by atoms with Gasteiger partial charge in [0.1, 0.15) is 11.5 Å². The minimum absolute atomic E-state index is 0.0796. The second-order valence-electron chi connectivity index (χ2n) is 8.25. The maximum Gasteiger partial charge on any atom is 0.122 e. The predicted octanol–water partition coefficient (Wildman–Crippen LogP) is 5.75. The van der Waals surface area contributed by atoms with Crippen LogP contribution in [0.1, 0.15) is 58.4 Å². The lowest BCUT2D eigenvalue weighted by atomic mass is 9.45. The normalized spacial score (nSPS) is 36.1. The van der Waals surface area contributed by atoms with Gasteiger partial charge in [-0.05, 0) is 67.6 Å². The molecule has 0 amide bonds. The van der Waals surface area contributed by atoms with Gasteiger partial charge in [-0.2, -0.15) is 0 Å². The number of benzene rings is 1. The van der Waals surface area contributed by atoms with E-state index < -0.39 is 0 Å². The fraction of sp³-hybridized carbons (Fsp3) is 0.636. The zero-order valence-corrected chi connectivity index (χ0v) is 15.9. The second kappa shape index (κ2) is 6.13. The van der Waals surface area contributed by atoms with Crippen LogP contribution in [0.5, 0.6) is 11.5 Å². The maximum absolute atomic E-state index is 5.77. The highest BCUT2D eigenvalue weighted by Gasteiger charge is 2.55. The van der Waals surface area contributed by atoms with Gasteiger partial charge in [-0.25, -0.2) is 0 Å². The van der Waals surface area contributed by atoms with Gasteiger partial charge in [0.05, 0.1) is 14.2 Å². The van der Waals surface area contributed by atoms with Crippen molar-refractivity contribution in [2.24, 2.45) is 17.3 Å². The summed E-state index contributed by atoms with van der Waals surface area (Å²) >= 11 is 0. The lowest BCUT2D eigenvalue weighted by molar-refractivity contribution is 0.00378. The van der Waals surface area contributed by atoms with E-state index in [0.29, 0.717) is 11.8 Å². The van der Waals surface area contributed by atoms with Gasteiger partial charge in [-0.1, -0.05) is 32.9 Å². The van der Waals surface area contributed by atoms with Crippen LogP contribution in [0.2, 0.25) is 0 Å². The Hall–Kier alpha value is -1.44. The molecule has 3 rings (SSSR count). The van der Waals surface area contributed by atoms with Crippen molar-refractivity contribution in [3.05, 3.63) is 35.9 Å². The molecular weight excluding hydrogens is 296 g/mol. The summed E-state index contributed by atoms with van der Waals surface area (Å²) in [6.07, 6.45) is 6.22. The van der Waals surface area contributed by atoms with Gasteiger partial charge in [0.15, 0.2) is 0 Å². The van der Waals surface area contributed by atoms with Crippen LogP contribution >= 0.6 is 0 Å². The highest BCUT2D eigenvalue weighted by molar-refractivity contribution is 5.47. The van der Waals surface area contributed by atoms with Gasteiger partial charge < -0.3 is 9.47 Å². The van der Waals surface area contributed by atoms with E-state index >= 15 is 0 Å². The van der Waals surface area contributed by atoms with Crippen LogP contribution < -0.4 is 9.47 Å². The molecule has 1 aromatic carbocycles. The molecule has 2 aliphatic carbocycles. The molecule has 2 fully saturated rings. The molecule has 24 heavy (non-hydrogen) atoms. The second-order valence-corrected chi connectivity index (χ2v) is 8.25. The molecule has 0 radical (unpaired) electrons. The van der Waals surface area contributed by atoms with Gasteiger partial charge in [0.25, 0.3) is 0 Å². The van der Waals surface area contributed by atoms with Crippen molar-refractivity contribution in [2.75, 3.05) is 14.2 Å². The molecule has 4 atom stereocenters. The number of rotatable bonds is 3. The SMILES string of the molecule is C=C1CCC[C@@H]2[C@@](C)(c3cc(OC)ccc3OC)[C@H](C)CC[C@]12C. The van der Waals surface area contributed by atoms with Crippen molar-refractivity contribution < 1.29 is 9.47 Å². The van der Waals surface area contributed by atoms with Crippen molar-refractivity contribution in [1.29, 1.82) is 0 Å². The average Bonchev–Trinajstić information content (AvgIpc) is 2.60. The molecule has 0 aromatic heterocycles. The summed E-state index contributed by atoms with van der Waals surface area (Å²) in [5.74, 6) is 3.13. The van der Waals surface area contributed by atoms with E-state index in [4.69, 9.17) is 9.47 Å². The summed E-state index contributed by atoms with van der Waals surface area (Å²) in [5.41, 5.74) is 3.09. The maximum atomic E-state index is 5.77. The number of fused-ring (bicyclic) bond motifs is 1. The van der Waals surface area contributed by atoms with Gasteiger partial charge in [0.2, 0.25) is 0 Å². The quantitative estimate of drug-likeness (QED) is 0.657. The first kappa shape index (κ1) is 17.4. The molecule has 0 spiro atoms. The van der Waals surface area contributed by atoms with E-state index in [1.807, 2.05) is 6.07 Å². The smallest absolute Gasteiger partial charge is 0.122 e. The summed E-state index contributed by atoms with van der Waals surface area (Å²) in [7, 11) is 3.52. The highest BCUT2D eigenvalue weighted by atomic mass is 16.5. The van der Waals surface area contributed by atoms with Crippen LogP contribution in [0.3, 0.4) is 0 Å². The first-order valence-corrected chi connectivity index (χ1v) is 9.28. The zero-order valence-electron chi connectivity index (χ0n) is 15.9. The highest BCUT2D eigenvalue weighted by Crippen LogP contribution is 2.63. The molecule has 2 saturated carbocycles. The Balaban J connectivity index is 2.17. The number of ether oxygens (including phenoxy) is 2. The molecule has 0 bridgehead atoms. The van der Waals surface area contributed by atoms with Crippen molar-refractivity contribution in [3.8, 4) is 11.5 Å². The monoisotopic (exact) mass is 328 g/mol. The number of hydrogen-bond donors (Lipinski definition) is 0. The van der Waals surface area contributed by atoms with Gasteiger partial charge in [-0.15, -0.1) is 0 Å². The molecule has 2 nitrogen and oxygen atoms in total. The third-order valence-electron chi connectivity index (χ3n) is 7.38. The van der Waals surface area contributed by atoms with E-state index in [0.717, 1.165) is 11.5 Å². The molecule has 0 unspecified atom stereocenters. The summed E-state index contributed by atoms with van der Waals surface area (Å²) in [4.78, 5) is 0. The first-order valence-electron chi connectivity index (χ1n) is 9.28. The van der Waals surface area contributed by atoms with Crippen LogP contribution in [0.4, 0.5) is 0 Å². The zero-order chi connectivity index (χ0) is 17.5. The Labute approximate surface area is 147 Å². The third-order valence-corrected chi connectivity index (χ3v) is 7.38. The Morgan fingerprint density at radius 3 is 2.54 bits per heavy atom. The molecule has 0 heterocycles. The lowest BCUT2D eigenvalue weighted by Crippen LogP contribution is -2.52. The molecule has 0 N–H and O–H groups in total. The van der Waals surface area contributed by atoms with Crippen molar-refractivity contribution in [1.82, 2.24) is 0 Å². The van der Waals surface area contributed by atoms with Gasteiger partial charge >= 0.3 is 0 Å². The average molecular weight is 328 g/mol.